The van der Waals surface area contributed by atoms with Crippen molar-refractivity contribution in [2.75, 3.05) is 13.2 Å². The number of aromatic nitrogens is 1. The van der Waals surface area contributed by atoms with E-state index in [4.69, 9.17) is 10.2 Å². The van der Waals surface area contributed by atoms with Crippen molar-refractivity contribution in [1.29, 1.82) is 0 Å². The minimum atomic E-state index is -1.01. The van der Waals surface area contributed by atoms with E-state index in [1.807, 2.05) is 13.8 Å². The van der Waals surface area contributed by atoms with Crippen LogP contribution in [-0.4, -0.2) is 51.3 Å². The van der Waals surface area contributed by atoms with Gasteiger partial charge in [-0.3, -0.25) is 0 Å². The number of aliphatic hydroxyl groups excluding tert-OH is 1. The van der Waals surface area contributed by atoms with E-state index in [-0.39, 0.29) is 36.6 Å². The van der Waals surface area contributed by atoms with Gasteiger partial charge in [-0.05, 0) is 20.8 Å². The highest BCUT2D eigenvalue weighted by Crippen LogP contribution is 2.17. The van der Waals surface area contributed by atoms with Gasteiger partial charge in [-0.1, -0.05) is 0 Å². The lowest BCUT2D eigenvalue weighted by atomic mass is 10.3. The maximum atomic E-state index is 11.9. The lowest BCUT2D eigenvalue weighted by Crippen LogP contribution is -2.45. The highest BCUT2D eigenvalue weighted by atomic mass is 32.1. The lowest BCUT2D eigenvalue weighted by molar-refractivity contribution is 0.0701. The molecule has 1 rings (SSSR count). The van der Waals surface area contributed by atoms with Gasteiger partial charge in [-0.25, -0.2) is 14.6 Å². The van der Waals surface area contributed by atoms with E-state index < -0.39 is 5.97 Å². The van der Waals surface area contributed by atoms with Crippen molar-refractivity contribution in [2.24, 2.45) is 0 Å². The number of rotatable bonds is 6. The second kappa shape index (κ2) is 7.20. The molecule has 1 heterocycles. The molecule has 0 aliphatic heterocycles. The summed E-state index contributed by atoms with van der Waals surface area (Å²) in [6, 6.07) is -0.339. The molecule has 0 aliphatic rings. The van der Waals surface area contributed by atoms with Gasteiger partial charge in [0.1, 0.15) is 9.88 Å². The van der Waals surface area contributed by atoms with Crippen molar-refractivity contribution in [1.82, 2.24) is 15.2 Å². The molecule has 0 unspecified atom stereocenters. The Kier molecular flexibility index (Phi) is 5.90. The first-order chi connectivity index (χ1) is 9.36. The monoisotopic (exact) mass is 301 g/mol. The first-order valence-electron chi connectivity index (χ1n) is 6.21. The van der Waals surface area contributed by atoms with Crippen LogP contribution >= 0.6 is 11.3 Å². The zero-order valence-electron chi connectivity index (χ0n) is 11.7. The van der Waals surface area contributed by atoms with Crippen LogP contribution in [0.1, 0.15) is 34.2 Å². The molecular formula is C12H19N3O4S. The maximum Gasteiger partial charge on any atom is 0.347 e. The number of aliphatic hydroxyl groups is 1. The molecule has 0 saturated carbocycles. The van der Waals surface area contributed by atoms with Crippen LogP contribution in [0.4, 0.5) is 4.79 Å². The van der Waals surface area contributed by atoms with Gasteiger partial charge < -0.3 is 20.4 Å². The normalized spacial score (nSPS) is 10.7. The SMILES string of the molecule is Cc1nc(CNC(=O)N(CCO)C(C)C)sc1C(=O)O. The fourth-order valence-electron chi connectivity index (χ4n) is 1.68. The Morgan fingerprint density at radius 3 is 2.55 bits per heavy atom. The van der Waals surface area contributed by atoms with E-state index in [1.165, 1.54) is 4.90 Å². The van der Waals surface area contributed by atoms with Crippen molar-refractivity contribution < 1.29 is 19.8 Å². The number of nitrogens with zero attached hydrogens (tertiary/aromatic N) is 2. The van der Waals surface area contributed by atoms with Crippen molar-refractivity contribution in [2.45, 2.75) is 33.4 Å². The maximum absolute atomic E-state index is 11.9. The number of aryl methyl sites for hydroxylation is 1. The summed E-state index contributed by atoms with van der Waals surface area (Å²) in [7, 11) is 0. The molecule has 0 spiro atoms. The van der Waals surface area contributed by atoms with Crippen LogP contribution in [0.5, 0.6) is 0 Å². The zero-order chi connectivity index (χ0) is 15.3. The Bertz CT molecular complexity index is 487. The topological polar surface area (TPSA) is 103 Å². The predicted octanol–water partition coefficient (Wildman–Crippen LogP) is 1.06. The summed E-state index contributed by atoms with van der Waals surface area (Å²) < 4.78 is 0. The molecule has 0 bridgehead atoms. The Morgan fingerprint density at radius 1 is 1.45 bits per heavy atom. The number of carboxylic acid groups (broad SMARTS) is 1. The van der Waals surface area contributed by atoms with E-state index in [0.29, 0.717) is 10.7 Å². The van der Waals surface area contributed by atoms with Gasteiger partial charge >= 0.3 is 12.0 Å². The standard InChI is InChI=1S/C12H19N3O4S/c1-7(2)15(4-5-16)12(19)13-6-9-14-8(3)10(20-9)11(17)18/h7,16H,4-6H2,1-3H3,(H,13,19)(H,17,18). The van der Waals surface area contributed by atoms with Crippen LogP contribution in [0.15, 0.2) is 0 Å². The van der Waals surface area contributed by atoms with Crippen LogP contribution in [0.2, 0.25) is 0 Å². The first-order valence-corrected chi connectivity index (χ1v) is 7.03. The Labute approximate surface area is 121 Å². The van der Waals surface area contributed by atoms with Gasteiger partial charge in [0.05, 0.1) is 18.8 Å². The quantitative estimate of drug-likeness (QED) is 0.729. The van der Waals surface area contributed by atoms with E-state index in [2.05, 4.69) is 10.3 Å². The molecule has 112 valence electrons. The summed E-state index contributed by atoms with van der Waals surface area (Å²) in [6.45, 7) is 5.65. The van der Waals surface area contributed by atoms with Gasteiger partial charge in [0.15, 0.2) is 0 Å². The molecule has 2 amide bonds. The van der Waals surface area contributed by atoms with Crippen molar-refractivity contribution in [3.05, 3.63) is 15.6 Å². The summed E-state index contributed by atoms with van der Waals surface area (Å²) in [4.78, 5) is 28.6. The average Bonchev–Trinajstić information content (AvgIpc) is 2.74. The molecule has 0 fully saturated rings. The smallest absolute Gasteiger partial charge is 0.347 e. The summed E-state index contributed by atoms with van der Waals surface area (Å²) in [5.41, 5.74) is 0.447. The van der Waals surface area contributed by atoms with Crippen LogP contribution in [0, 0.1) is 6.92 Å². The number of urea groups is 1. The minimum Gasteiger partial charge on any atom is -0.477 e. The number of carbonyl (C=O) groups excluding carboxylic acids is 1. The second-order valence-corrected chi connectivity index (χ2v) is 5.58. The Balaban J connectivity index is 2.64. The van der Waals surface area contributed by atoms with Crippen LogP contribution in [0.3, 0.4) is 0 Å². The highest BCUT2D eigenvalue weighted by molar-refractivity contribution is 7.13. The van der Waals surface area contributed by atoms with Gasteiger partial charge in [0.2, 0.25) is 0 Å². The van der Waals surface area contributed by atoms with Gasteiger partial charge in [-0.2, -0.15) is 0 Å². The molecular weight excluding hydrogens is 282 g/mol. The minimum absolute atomic E-state index is 0.0326. The van der Waals surface area contributed by atoms with Gasteiger partial charge in [0, 0.05) is 12.6 Å². The summed E-state index contributed by atoms with van der Waals surface area (Å²) in [5, 5.41) is 21.1. The largest absolute Gasteiger partial charge is 0.477 e. The molecule has 0 saturated heterocycles. The number of thiazole rings is 1. The second-order valence-electron chi connectivity index (χ2n) is 4.50. The number of carbonyl (C=O) groups is 2. The van der Waals surface area contributed by atoms with Gasteiger partial charge in [-0.15, -0.1) is 11.3 Å². The third kappa shape index (κ3) is 4.17. The highest BCUT2D eigenvalue weighted by Gasteiger charge is 2.18. The Hall–Kier alpha value is -1.67. The fourth-order valence-corrected chi connectivity index (χ4v) is 2.52. The molecule has 0 aliphatic carbocycles. The molecule has 3 N–H and O–H groups in total. The molecule has 0 aromatic carbocycles. The van der Waals surface area contributed by atoms with Crippen LogP contribution in [-0.2, 0) is 6.54 Å². The van der Waals surface area contributed by atoms with E-state index in [9.17, 15) is 9.59 Å². The molecule has 7 nitrogen and oxygen atoms in total. The summed E-state index contributed by atoms with van der Waals surface area (Å²) in [5.74, 6) is -1.01. The van der Waals surface area contributed by atoms with E-state index in [1.54, 1.807) is 6.92 Å². The lowest BCUT2D eigenvalue weighted by Gasteiger charge is -2.25. The van der Waals surface area contributed by atoms with Crippen LogP contribution in [0.25, 0.3) is 0 Å². The molecule has 0 radical (unpaired) electrons. The number of amides is 2. The number of hydrogen-bond acceptors (Lipinski definition) is 5. The van der Waals surface area contributed by atoms with Crippen molar-refractivity contribution >= 4 is 23.3 Å². The molecule has 0 atom stereocenters. The van der Waals surface area contributed by atoms with Crippen LogP contribution < -0.4 is 5.32 Å². The Morgan fingerprint density at radius 2 is 2.10 bits per heavy atom. The molecule has 1 aromatic rings. The van der Waals surface area contributed by atoms with E-state index in [0.717, 1.165) is 11.3 Å². The first kappa shape index (κ1) is 16.4. The average molecular weight is 301 g/mol. The van der Waals surface area contributed by atoms with E-state index >= 15 is 0 Å². The molecule has 20 heavy (non-hydrogen) atoms. The number of carboxylic acids is 1. The van der Waals surface area contributed by atoms with Gasteiger partial charge in [0.25, 0.3) is 0 Å². The third-order valence-electron chi connectivity index (χ3n) is 2.65. The molecule has 1 aromatic heterocycles. The number of aromatic carboxylic acids is 1. The fraction of sp³-hybridized carbons (Fsp3) is 0.583. The molecule has 8 heteroatoms. The summed E-state index contributed by atoms with van der Waals surface area (Å²) >= 11 is 1.05. The number of nitrogens with one attached hydrogen (secondary N) is 1. The van der Waals surface area contributed by atoms with Crippen molar-refractivity contribution in [3.63, 3.8) is 0 Å². The van der Waals surface area contributed by atoms with Crippen molar-refractivity contribution in [3.8, 4) is 0 Å². The zero-order valence-corrected chi connectivity index (χ0v) is 12.5. The third-order valence-corrected chi connectivity index (χ3v) is 3.80. The predicted molar refractivity (Wildman–Crippen MR) is 75.0 cm³/mol. The summed E-state index contributed by atoms with van der Waals surface area (Å²) in [6.07, 6.45) is 0. The number of hydrogen-bond donors (Lipinski definition) is 3.